The Hall–Kier alpha value is -2.88. The molecule has 1 aromatic carbocycles. The highest BCUT2D eigenvalue weighted by Gasteiger charge is 2.37. The lowest BCUT2D eigenvalue weighted by Gasteiger charge is -2.42. The SMILES string of the molecule is Cc1cc2c(cc1Cc1ccc(C(=O)NCCc3ccncc3)o1)C(C)(C)CCC2(C)C. The summed E-state index contributed by atoms with van der Waals surface area (Å²) < 4.78 is 5.92. The molecule has 1 amide bonds. The summed E-state index contributed by atoms with van der Waals surface area (Å²) in [7, 11) is 0. The van der Waals surface area contributed by atoms with Gasteiger partial charge < -0.3 is 9.73 Å². The predicted molar refractivity (Wildman–Crippen MR) is 128 cm³/mol. The van der Waals surface area contributed by atoms with Crippen LogP contribution >= 0.6 is 0 Å². The molecule has 32 heavy (non-hydrogen) atoms. The fourth-order valence-corrected chi connectivity index (χ4v) is 4.70. The molecule has 2 heterocycles. The second-order valence-electron chi connectivity index (χ2n) is 10.4. The molecule has 4 heteroatoms. The van der Waals surface area contributed by atoms with Crippen molar-refractivity contribution in [2.45, 2.75) is 71.1 Å². The Kier molecular flexibility index (Phi) is 5.98. The molecule has 3 aromatic rings. The van der Waals surface area contributed by atoms with E-state index in [1.807, 2.05) is 18.2 Å². The van der Waals surface area contributed by atoms with Gasteiger partial charge in [-0.25, -0.2) is 0 Å². The lowest BCUT2D eigenvalue weighted by Crippen LogP contribution is -2.34. The number of carbonyl (C=O) groups is 1. The van der Waals surface area contributed by atoms with Crippen molar-refractivity contribution in [2.24, 2.45) is 0 Å². The third kappa shape index (κ3) is 4.64. The van der Waals surface area contributed by atoms with Gasteiger partial charge in [-0.05, 0) is 89.1 Å². The van der Waals surface area contributed by atoms with Crippen LogP contribution in [0, 0.1) is 6.92 Å². The summed E-state index contributed by atoms with van der Waals surface area (Å²) in [6.07, 6.45) is 7.40. The first-order valence-corrected chi connectivity index (χ1v) is 11.6. The second-order valence-corrected chi connectivity index (χ2v) is 10.4. The number of carbonyl (C=O) groups excluding carboxylic acids is 1. The Bertz CT molecular complexity index is 1110. The fourth-order valence-electron chi connectivity index (χ4n) is 4.70. The number of rotatable bonds is 6. The van der Waals surface area contributed by atoms with Crippen molar-refractivity contribution in [3.05, 3.63) is 88.1 Å². The van der Waals surface area contributed by atoms with E-state index in [2.05, 4.69) is 57.1 Å². The van der Waals surface area contributed by atoms with Crippen LogP contribution in [0.5, 0.6) is 0 Å². The van der Waals surface area contributed by atoms with Gasteiger partial charge >= 0.3 is 0 Å². The van der Waals surface area contributed by atoms with Crippen LogP contribution in [0.2, 0.25) is 0 Å². The average Bonchev–Trinajstić information content (AvgIpc) is 3.22. The molecule has 0 aliphatic heterocycles. The van der Waals surface area contributed by atoms with Crippen molar-refractivity contribution in [1.82, 2.24) is 10.3 Å². The normalized spacial score (nSPS) is 16.4. The number of nitrogens with one attached hydrogen (secondary N) is 1. The minimum atomic E-state index is -0.171. The standard InChI is InChI=1S/C28H34N2O2/c1-19-16-23-24(28(4,5)12-11-27(23,2)3)18-21(19)17-22-6-7-25(32-22)26(31)30-15-10-20-8-13-29-14-9-20/h6-9,13-14,16,18H,10-12,15,17H2,1-5H3,(H,30,31). The van der Waals surface area contributed by atoms with Crippen molar-refractivity contribution in [3.8, 4) is 0 Å². The van der Waals surface area contributed by atoms with Gasteiger partial charge in [-0.15, -0.1) is 0 Å². The first kappa shape index (κ1) is 22.3. The zero-order valence-electron chi connectivity index (χ0n) is 19.9. The molecule has 1 aliphatic rings. The van der Waals surface area contributed by atoms with E-state index in [1.165, 1.54) is 35.1 Å². The highest BCUT2D eigenvalue weighted by Crippen LogP contribution is 2.46. The molecule has 0 saturated heterocycles. The highest BCUT2D eigenvalue weighted by molar-refractivity contribution is 5.91. The maximum Gasteiger partial charge on any atom is 0.287 e. The van der Waals surface area contributed by atoms with Gasteiger partial charge in [0.1, 0.15) is 5.76 Å². The number of hydrogen-bond acceptors (Lipinski definition) is 3. The number of amides is 1. The Balaban J connectivity index is 1.46. The van der Waals surface area contributed by atoms with Crippen molar-refractivity contribution in [1.29, 1.82) is 0 Å². The Morgan fingerprint density at radius 1 is 1.00 bits per heavy atom. The largest absolute Gasteiger partial charge is 0.456 e. The van der Waals surface area contributed by atoms with E-state index in [9.17, 15) is 4.79 Å². The molecule has 168 valence electrons. The van der Waals surface area contributed by atoms with E-state index in [-0.39, 0.29) is 16.7 Å². The van der Waals surface area contributed by atoms with Crippen molar-refractivity contribution < 1.29 is 9.21 Å². The van der Waals surface area contributed by atoms with Gasteiger partial charge in [0.15, 0.2) is 5.76 Å². The van der Waals surface area contributed by atoms with E-state index in [0.29, 0.717) is 18.7 Å². The molecule has 4 nitrogen and oxygen atoms in total. The second kappa shape index (κ2) is 8.57. The Morgan fingerprint density at radius 2 is 1.66 bits per heavy atom. The molecule has 0 spiro atoms. The van der Waals surface area contributed by atoms with Gasteiger partial charge in [-0.1, -0.05) is 39.8 Å². The molecule has 0 fully saturated rings. The van der Waals surface area contributed by atoms with Crippen LogP contribution in [0.15, 0.2) is 53.2 Å². The molecule has 0 radical (unpaired) electrons. The van der Waals surface area contributed by atoms with Crippen LogP contribution in [0.4, 0.5) is 0 Å². The number of pyridine rings is 1. The van der Waals surface area contributed by atoms with E-state index in [0.717, 1.165) is 17.7 Å². The molecule has 0 unspecified atom stereocenters. The van der Waals surface area contributed by atoms with Gasteiger partial charge in [-0.3, -0.25) is 9.78 Å². The van der Waals surface area contributed by atoms with Gasteiger partial charge in [0.25, 0.3) is 5.91 Å². The summed E-state index contributed by atoms with van der Waals surface area (Å²) in [5.74, 6) is 1.02. The first-order valence-electron chi connectivity index (χ1n) is 11.6. The van der Waals surface area contributed by atoms with Crippen LogP contribution in [0.1, 0.15) is 84.7 Å². The van der Waals surface area contributed by atoms with Gasteiger partial charge in [0.05, 0.1) is 0 Å². The van der Waals surface area contributed by atoms with E-state index >= 15 is 0 Å². The summed E-state index contributed by atoms with van der Waals surface area (Å²) >= 11 is 0. The van der Waals surface area contributed by atoms with Gasteiger partial charge in [-0.2, -0.15) is 0 Å². The average molecular weight is 431 g/mol. The van der Waals surface area contributed by atoms with E-state index in [1.54, 1.807) is 18.5 Å². The molecule has 0 saturated carbocycles. The predicted octanol–water partition coefficient (Wildman–Crippen LogP) is 5.90. The molecule has 0 atom stereocenters. The molecule has 1 N–H and O–H groups in total. The number of aromatic nitrogens is 1. The van der Waals surface area contributed by atoms with E-state index in [4.69, 9.17) is 4.42 Å². The quantitative estimate of drug-likeness (QED) is 0.530. The van der Waals surface area contributed by atoms with E-state index < -0.39 is 0 Å². The summed E-state index contributed by atoms with van der Waals surface area (Å²) in [4.78, 5) is 16.5. The molecule has 4 rings (SSSR count). The first-order chi connectivity index (χ1) is 15.2. The number of aryl methyl sites for hydroxylation is 1. The summed E-state index contributed by atoms with van der Waals surface area (Å²) in [6, 6.07) is 12.4. The zero-order valence-corrected chi connectivity index (χ0v) is 19.9. The smallest absolute Gasteiger partial charge is 0.287 e. The number of hydrogen-bond donors (Lipinski definition) is 1. The van der Waals surface area contributed by atoms with Crippen molar-refractivity contribution in [2.75, 3.05) is 6.54 Å². The van der Waals surface area contributed by atoms with Crippen molar-refractivity contribution >= 4 is 5.91 Å². The third-order valence-corrected chi connectivity index (χ3v) is 7.01. The topological polar surface area (TPSA) is 55.1 Å². The monoisotopic (exact) mass is 430 g/mol. The number of furan rings is 1. The third-order valence-electron chi connectivity index (χ3n) is 7.01. The molecule has 2 aromatic heterocycles. The number of fused-ring (bicyclic) bond motifs is 1. The molecule has 0 bridgehead atoms. The van der Waals surface area contributed by atoms with Crippen molar-refractivity contribution in [3.63, 3.8) is 0 Å². The van der Waals surface area contributed by atoms with Gasteiger partial charge in [0.2, 0.25) is 0 Å². The molecular formula is C28H34N2O2. The van der Waals surface area contributed by atoms with Crippen LogP contribution in [-0.2, 0) is 23.7 Å². The zero-order chi connectivity index (χ0) is 22.9. The van der Waals surface area contributed by atoms with Crippen LogP contribution in [0.3, 0.4) is 0 Å². The maximum absolute atomic E-state index is 12.5. The number of benzene rings is 1. The Morgan fingerprint density at radius 3 is 2.34 bits per heavy atom. The summed E-state index contributed by atoms with van der Waals surface area (Å²) in [6.45, 7) is 12.2. The van der Waals surface area contributed by atoms with Gasteiger partial charge in [0, 0.05) is 25.4 Å². The lowest BCUT2D eigenvalue weighted by molar-refractivity contribution is 0.0925. The van der Waals surface area contributed by atoms with Crippen LogP contribution in [-0.4, -0.2) is 17.4 Å². The lowest BCUT2D eigenvalue weighted by atomic mass is 9.62. The number of nitrogens with zero attached hydrogens (tertiary/aromatic N) is 1. The highest BCUT2D eigenvalue weighted by atomic mass is 16.3. The summed E-state index contributed by atoms with van der Waals surface area (Å²) in [5, 5.41) is 2.94. The summed E-state index contributed by atoms with van der Waals surface area (Å²) in [5.41, 5.74) is 7.02. The molecule has 1 aliphatic carbocycles. The Labute approximate surface area is 191 Å². The fraction of sp³-hybridized carbons (Fsp3) is 0.429. The minimum Gasteiger partial charge on any atom is -0.456 e. The van der Waals surface area contributed by atoms with Crippen LogP contribution < -0.4 is 5.32 Å². The minimum absolute atomic E-state index is 0.171. The van der Waals surface area contributed by atoms with Crippen LogP contribution in [0.25, 0.3) is 0 Å². The maximum atomic E-state index is 12.5. The molecular weight excluding hydrogens is 396 g/mol.